The second kappa shape index (κ2) is 8.81. The van der Waals surface area contributed by atoms with E-state index in [0.29, 0.717) is 23.4 Å². The molecule has 0 fully saturated rings. The van der Waals surface area contributed by atoms with Gasteiger partial charge in [0.15, 0.2) is 0 Å². The first-order chi connectivity index (χ1) is 13.6. The van der Waals surface area contributed by atoms with E-state index < -0.39 is 0 Å². The minimum absolute atomic E-state index is 0.287. The zero-order chi connectivity index (χ0) is 19.9. The summed E-state index contributed by atoms with van der Waals surface area (Å²) in [4.78, 5) is 28.4. The summed E-state index contributed by atoms with van der Waals surface area (Å²) in [5.74, 6) is -0.677. The molecule has 142 valence electrons. The van der Waals surface area contributed by atoms with E-state index in [2.05, 4.69) is 15.6 Å². The molecule has 0 spiro atoms. The molecule has 1 heterocycles. The highest BCUT2D eigenvalue weighted by atomic mass is 16.5. The van der Waals surface area contributed by atoms with Crippen LogP contribution in [0.4, 0.5) is 17.1 Å². The van der Waals surface area contributed by atoms with Crippen LogP contribution in [-0.2, 0) is 4.74 Å². The maximum atomic E-state index is 12.5. The van der Waals surface area contributed by atoms with Gasteiger partial charge in [0.1, 0.15) is 0 Å². The van der Waals surface area contributed by atoms with Crippen molar-refractivity contribution in [1.29, 1.82) is 0 Å². The van der Waals surface area contributed by atoms with E-state index >= 15 is 0 Å². The molecule has 6 nitrogen and oxygen atoms in total. The third-order valence-electron chi connectivity index (χ3n) is 4.08. The number of nitrogens with one attached hydrogen (secondary N) is 2. The van der Waals surface area contributed by atoms with E-state index in [0.717, 1.165) is 16.9 Å². The van der Waals surface area contributed by atoms with Crippen molar-refractivity contribution in [3.63, 3.8) is 0 Å². The van der Waals surface area contributed by atoms with Gasteiger partial charge in [0, 0.05) is 17.6 Å². The Balaban J connectivity index is 1.69. The fourth-order valence-electron chi connectivity index (χ4n) is 2.61. The number of aromatic nitrogens is 1. The van der Waals surface area contributed by atoms with Crippen LogP contribution in [0, 0.1) is 6.92 Å². The molecule has 2 aromatic carbocycles. The average Bonchev–Trinajstić information content (AvgIpc) is 2.71. The van der Waals surface area contributed by atoms with E-state index in [1.807, 2.05) is 31.2 Å². The Labute approximate surface area is 163 Å². The standard InChI is InChI=1S/C22H21N3O3/c1-3-28-22(27)16-8-10-18(11-9-16)25-21(26)17-12-19(14-23-13-17)24-20-7-5-4-6-15(20)2/h4-14,24H,3H2,1-2H3,(H,25,26). The molecule has 1 aromatic heterocycles. The molecule has 1 amide bonds. The van der Waals surface area contributed by atoms with Crippen molar-refractivity contribution in [2.45, 2.75) is 13.8 Å². The summed E-state index contributed by atoms with van der Waals surface area (Å²) < 4.78 is 4.95. The number of pyridine rings is 1. The van der Waals surface area contributed by atoms with Gasteiger partial charge in [0.05, 0.1) is 29.6 Å². The van der Waals surface area contributed by atoms with Gasteiger partial charge in [0.2, 0.25) is 0 Å². The molecular formula is C22H21N3O3. The minimum Gasteiger partial charge on any atom is -0.462 e. The number of carbonyl (C=O) groups excluding carboxylic acids is 2. The monoisotopic (exact) mass is 375 g/mol. The van der Waals surface area contributed by atoms with E-state index in [-0.39, 0.29) is 11.9 Å². The van der Waals surface area contributed by atoms with Crippen LogP contribution < -0.4 is 10.6 Å². The highest BCUT2D eigenvalue weighted by molar-refractivity contribution is 6.04. The molecule has 2 N–H and O–H groups in total. The summed E-state index contributed by atoms with van der Waals surface area (Å²) in [6.07, 6.45) is 3.17. The second-order valence-electron chi connectivity index (χ2n) is 6.15. The van der Waals surface area contributed by atoms with Gasteiger partial charge >= 0.3 is 5.97 Å². The molecule has 0 unspecified atom stereocenters. The fourth-order valence-corrected chi connectivity index (χ4v) is 2.61. The Morgan fingerprint density at radius 1 is 0.964 bits per heavy atom. The summed E-state index contributed by atoms with van der Waals surface area (Å²) in [5.41, 5.74) is 4.21. The molecule has 0 aliphatic rings. The van der Waals surface area contributed by atoms with Gasteiger partial charge < -0.3 is 15.4 Å². The normalized spacial score (nSPS) is 10.2. The van der Waals surface area contributed by atoms with Crippen molar-refractivity contribution in [3.05, 3.63) is 83.7 Å². The first-order valence-corrected chi connectivity index (χ1v) is 8.93. The zero-order valence-corrected chi connectivity index (χ0v) is 15.7. The summed E-state index contributed by atoms with van der Waals surface area (Å²) in [5, 5.41) is 6.07. The van der Waals surface area contributed by atoms with E-state index in [4.69, 9.17) is 4.74 Å². The zero-order valence-electron chi connectivity index (χ0n) is 15.7. The van der Waals surface area contributed by atoms with Crippen LogP contribution in [0.1, 0.15) is 33.2 Å². The number of benzene rings is 2. The lowest BCUT2D eigenvalue weighted by molar-refractivity contribution is 0.0526. The first kappa shape index (κ1) is 19.1. The topological polar surface area (TPSA) is 80.3 Å². The van der Waals surface area contributed by atoms with Crippen LogP contribution in [-0.4, -0.2) is 23.5 Å². The van der Waals surface area contributed by atoms with Crippen LogP contribution in [0.25, 0.3) is 0 Å². The molecule has 0 bridgehead atoms. The van der Waals surface area contributed by atoms with Crippen LogP contribution in [0.15, 0.2) is 67.0 Å². The molecule has 3 aromatic rings. The van der Waals surface area contributed by atoms with E-state index in [9.17, 15) is 9.59 Å². The molecule has 0 radical (unpaired) electrons. The highest BCUT2D eigenvalue weighted by Crippen LogP contribution is 2.20. The van der Waals surface area contributed by atoms with Gasteiger partial charge in [-0.05, 0) is 55.8 Å². The van der Waals surface area contributed by atoms with Crippen molar-refractivity contribution in [2.75, 3.05) is 17.2 Å². The predicted octanol–water partition coefficient (Wildman–Crippen LogP) is 4.56. The molecule has 0 saturated heterocycles. The minimum atomic E-state index is -0.389. The quantitative estimate of drug-likeness (QED) is 0.617. The maximum Gasteiger partial charge on any atom is 0.338 e. The number of anilines is 3. The number of carbonyl (C=O) groups is 2. The van der Waals surface area contributed by atoms with Gasteiger partial charge in [-0.2, -0.15) is 0 Å². The molecule has 3 rings (SSSR count). The Hall–Kier alpha value is -3.67. The SMILES string of the molecule is CCOC(=O)c1ccc(NC(=O)c2cncc(Nc3ccccc3C)c2)cc1. The summed E-state index contributed by atoms with van der Waals surface area (Å²) in [6, 6.07) is 16.2. The van der Waals surface area contributed by atoms with Crippen LogP contribution in [0.2, 0.25) is 0 Å². The third-order valence-corrected chi connectivity index (χ3v) is 4.08. The number of nitrogens with zero attached hydrogens (tertiary/aromatic N) is 1. The summed E-state index contributed by atoms with van der Waals surface area (Å²) in [7, 11) is 0. The predicted molar refractivity (Wildman–Crippen MR) is 109 cm³/mol. The lowest BCUT2D eigenvalue weighted by Gasteiger charge is -2.10. The molecule has 0 saturated carbocycles. The number of esters is 1. The van der Waals surface area contributed by atoms with Gasteiger partial charge in [-0.3, -0.25) is 9.78 Å². The third kappa shape index (κ3) is 4.73. The van der Waals surface area contributed by atoms with Gasteiger partial charge in [-0.25, -0.2) is 4.79 Å². The van der Waals surface area contributed by atoms with Crippen LogP contribution in [0.5, 0.6) is 0 Å². The number of amides is 1. The first-order valence-electron chi connectivity index (χ1n) is 8.93. The van der Waals surface area contributed by atoms with Crippen LogP contribution >= 0.6 is 0 Å². The molecule has 28 heavy (non-hydrogen) atoms. The van der Waals surface area contributed by atoms with Gasteiger partial charge in [0.25, 0.3) is 5.91 Å². The lowest BCUT2D eigenvalue weighted by Crippen LogP contribution is -2.13. The molecule has 0 aliphatic heterocycles. The Kier molecular flexibility index (Phi) is 6.01. The van der Waals surface area contributed by atoms with Crippen LogP contribution in [0.3, 0.4) is 0 Å². The number of hydrogen-bond donors (Lipinski definition) is 2. The molecule has 0 atom stereocenters. The van der Waals surface area contributed by atoms with E-state index in [1.54, 1.807) is 43.5 Å². The Morgan fingerprint density at radius 2 is 1.71 bits per heavy atom. The number of hydrogen-bond acceptors (Lipinski definition) is 5. The maximum absolute atomic E-state index is 12.5. The number of aryl methyl sites for hydroxylation is 1. The number of para-hydroxylation sites is 1. The van der Waals surface area contributed by atoms with Crippen molar-refractivity contribution in [2.24, 2.45) is 0 Å². The molecule has 6 heteroatoms. The fraction of sp³-hybridized carbons (Fsp3) is 0.136. The average molecular weight is 375 g/mol. The van der Waals surface area contributed by atoms with Crippen molar-refractivity contribution in [3.8, 4) is 0 Å². The van der Waals surface area contributed by atoms with Crippen molar-refractivity contribution in [1.82, 2.24) is 4.98 Å². The van der Waals surface area contributed by atoms with Gasteiger partial charge in [-0.15, -0.1) is 0 Å². The smallest absolute Gasteiger partial charge is 0.338 e. The largest absolute Gasteiger partial charge is 0.462 e. The number of rotatable bonds is 6. The molecule has 0 aliphatic carbocycles. The van der Waals surface area contributed by atoms with E-state index in [1.165, 1.54) is 6.20 Å². The number of ether oxygens (including phenoxy) is 1. The second-order valence-corrected chi connectivity index (χ2v) is 6.15. The summed E-state index contributed by atoms with van der Waals surface area (Å²) >= 11 is 0. The summed E-state index contributed by atoms with van der Waals surface area (Å²) in [6.45, 7) is 4.08. The van der Waals surface area contributed by atoms with Crippen molar-refractivity contribution < 1.29 is 14.3 Å². The molecular weight excluding hydrogens is 354 g/mol. The Bertz CT molecular complexity index is 984. The van der Waals surface area contributed by atoms with Crippen molar-refractivity contribution >= 4 is 28.9 Å². The van der Waals surface area contributed by atoms with Gasteiger partial charge in [-0.1, -0.05) is 18.2 Å². The Morgan fingerprint density at radius 3 is 2.43 bits per heavy atom. The lowest BCUT2D eigenvalue weighted by atomic mass is 10.2. The highest BCUT2D eigenvalue weighted by Gasteiger charge is 2.10.